The molecule has 0 saturated heterocycles. The number of carbonyl (C=O) groups excluding carboxylic acids is 1. The Morgan fingerprint density at radius 3 is 2.80 bits per heavy atom. The van der Waals surface area contributed by atoms with E-state index in [0.29, 0.717) is 0 Å². The maximum atomic E-state index is 11.8. The van der Waals surface area contributed by atoms with E-state index in [0.717, 1.165) is 29.7 Å². The summed E-state index contributed by atoms with van der Waals surface area (Å²) >= 11 is 0. The van der Waals surface area contributed by atoms with Gasteiger partial charge >= 0.3 is 0 Å². The minimum absolute atomic E-state index is 0.220. The lowest BCUT2D eigenvalue weighted by molar-refractivity contribution is -0.120. The molecule has 0 radical (unpaired) electrons. The fraction of sp³-hybridized carbons (Fsp3) is 0.562. The highest BCUT2D eigenvalue weighted by Gasteiger charge is 2.34. The van der Waals surface area contributed by atoms with Crippen LogP contribution in [0.4, 0.5) is 0 Å². The summed E-state index contributed by atoms with van der Waals surface area (Å²) in [4.78, 5) is 11.8. The van der Waals surface area contributed by atoms with Crippen molar-refractivity contribution in [1.29, 1.82) is 0 Å². The first-order valence-corrected chi connectivity index (χ1v) is 7.20. The Morgan fingerprint density at radius 2 is 2.20 bits per heavy atom. The Balaban J connectivity index is 2.37. The first-order valence-electron chi connectivity index (χ1n) is 7.20. The highest BCUT2D eigenvalue weighted by atomic mass is 16.5. The second-order valence-corrected chi connectivity index (χ2v) is 6.19. The van der Waals surface area contributed by atoms with Crippen molar-refractivity contribution in [2.24, 2.45) is 5.73 Å². The van der Waals surface area contributed by atoms with Crippen molar-refractivity contribution in [1.82, 2.24) is 5.32 Å². The van der Waals surface area contributed by atoms with Crippen LogP contribution in [0.1, 0.15) is 51.3 Å². The van der Waals surface area contributed by atoms with Crippen LogP contribution in [0.2, 0.25) is 0 Å². The van der Waals surface area contributed by atoms with Crippen molar-refractivity contribution in [3.8, 4) is 5.75 Å². The first kappa shape index (κ1) is 14.9. The van der Waals surface area contributed by atoms with Crippen LogP contribution in [0.5, 0.6) is 5.75 Å². The van der Waals surface area contributed by atoms with Gasteiger partial charge in [0.25, 0.3) is 0 Å². The predicted octanol–water partition coefficient (Wildman–Crippen LogP) is 2.31. The van der Waals surface area contributed by atoms with Gasteiger partial charge in [-0.25, -0.2) is 0 Å². The van der Waals surface area contributed by atoms with Gasteiger partial charge in [0.15, 0.2) is 0 Å². The van der Waals surface area contributed by atoms with Gasteiger partial charge in [-0.1, -0.05) is 25.1 Å². The van der Waals surface area contributed by atoms with Gasteiger partial charge < -0.3 is 10.5 Å². The number of amides is 1. The maximum Gasteiger partial charge on any atom is 0.239 e. The van der Waals surface area contributed by atoms with E-state index in [2.05, 4.69) is 32.2 Å². The summed E-state index contributed by atoms with van der Waals surface area (Å²) in [6.07, 6.45) is 1.79. The fourth-order valence-electron chi connectivity index (χ4n) is 2.59. The van der Waals surface area contributed by atoms with Crippen LogP contribution < -0.4 is 15.8 Å². The lowest BCUT2D eigenvalue weighted by atomic mass is 9.97. The second kappa shape index (κ2) is 5.44. The van der Waals surface area contributed by atoms with E-state index >= 15 is 0 Å². The molecule has 20 heavy (non-hydrogen) atoms. The summed E-state index contributed by atoms with van der Waals surface area (Å²) in [6.45, 7) is 8.23. The van der Waals surface area contributed by atoms with Gasteiger partial charge in [0.1, 0.15) is 17.4 Å². The van der Waals surface area contributed by atoms with E-state index in [-0.39, 0.29) is 17.6 Å². The molecule has 2 unspecified atom stereocenters. The summed E-state index contributed by atoms with van der Waals surface area (Å²) in [6, 6.07) is 5.65. The number of primary amides is 1. The molecule has 1 aromatic carbocycles. The van der Waals surface area contributed by atoms with Crippen LogP contribution in [0.15, 0.2) is 18.2 Å². The van der Waals surface area contributed by atoms with Gasteiger partial charge in [-0.15, -0.1) is 0 Å². The minimum Gasteiger partial charge on any atom is -0.487 e. The Kier molecular flexibility index (Phi) is 4.04. The molecule has 0 fully saturated rings. The lowest BCUT2D eigenvalue weighted by Gasteiger charge is -2.23. The third kappa shape index (κ3) is 2.96. The fourth-order valence-corrected chi connectivity index (χ4v) is 2.59. The number of nitrogens with two attached hydrogens (primary N) is 1. The van der Waals surface area contributed by atoms with E-state index in [1.807, 2.05) is 19.1 Å². The molecular formula is C16H24N2O2. The molecule has 1 heterocycles. The number of fused-ring (bicyclic) bond motifs is 1. The van der Waals surface area contributed by atoms with E-state index in [4.69, 9.17) is 10.5 Å². The zero-order valence-corrected chi connectivity index (χ0v) is 12.7. The number of hydrogen-bond donors (Lipinski definition) is 2. The molecule has 4 nitrogen and oxygen atoms in total. The molecule has 4 heteroatoms. The highest BCUT2D eigenvalue weighted by molar-refractivity contribution is 5.82. The van der Waals surface area contributed by atoms with Crippen LogP contribution in [0, 0.1) is 0 Å². The Hall–Kier alpha value is -1.55. The molecular weight excluding hydrogens is 252 g/mol. The number of para-hydroxylation sites is 1. The Morgan fingerprint density at radius 1 is 1.50 bits per heavy atom. The summed E-state index contributed by atoms with van der Waals surface area (Å²) in [7, 11) is 0. The largest absolute Gasteiger partial charge is 0.487 e. The molecule has 0 saturated carbocycles. The zero-order chi connectivity index (χ0) is 14.9. The van der Waals surface area contributed by atoms with Crippen molar-refractivity contribution in [3.63, 3.8) is 0 Å². The van der Waals surface area contributed by atoms with Gasteiger partial charge in [-0.3, -0.25) is 10.1 Å². The summed E-state index contributed by atoms with van der Waals surface area (Å²) in [5, 5.41) is 3.28. The third-order valence-corrected chi connectivity index (χ3v) is 3.78. The van der Waals surface area contributed by atoms with Crippen LogP contribution in [0.3, 0.4) is 0 Å². The number of rotatable bonds is 5. The average molecular weight is 276 g/mol. The molecule has 1 amide bonds. The third-order valence-electron chi connectivity index (χ3n) is 3.78. The van der Waals surface area contributed by atoms with Crippen molar-refractivity contribution >= 4 is 5.91 Å². The molecule has 1 aromatic rings. The van der Waals surface area contributed by atoms with Gasteiger partial charge in [0, 0.05) is 18.0 Å². The van der Waals surface area contributed by atoms with Gasteiger partial charge in [0.2, 0.25) is 5.91 Å². The Bertz CT molecular complexity index is 511. The number of nitrogens with one attached hydrogen (secondary N) is 1. The first-order chi connectivity index (χ1) is 9.34. The molecule has 2 rings (SSSR count). The maximum absolute atomic E-state index is 11.8. The van der Waals surface area contributed by atoms with Gasteiger partial charge in [-0.2, -0.15) is 0 Å². The number of benzene rings is 1. The van der Waals surface area contributed by atoms with E-state index < -0.39 is 6.04 Å². The number of carbonyl (C=O) groups is 1. The summed E-state index contributed by atoms with van der Waals surface area (Å²) in [5.41, 5.74) is 7.34. The van der Waals surface area contributed by atoms with Crippen LogP contribution in [-0.2, 0) is 11.2 Å². The normalized spacial score (nSPS) is 19.0. The lowest BCUT2D eigenvalue weighted by Crippen LogP contribution is -2.38. The zero-order valence-electron chi connectivity index (χ0n) is 12.7. The molecule has 2 atom stereocenters. The monoisotopic (exact) mass is 276 g/mol. The molecule has 1 aliphatic heterocycles. The molecule has 0 spiro atoms. The molecule has 1 aliphatic rings. The quantitative estimate of drug-likeness (QED) is 0.867. The highest BCUT2D eigenvalue weighted by Crippen LogP contribution is 2.40. The molecule has 3 N–H and O–H groups in total. The van der Waals surface area contributed by atoms with Crippen LogP contribution >= 0.6 is 0 Å². The minimum atomic E-state index is -0.506. The number of hydrogen-bond acceptors (Lipinski definition) is 3. The van der Waals surface area contributed by atoms with Crippen molar-refractivity contribution < 1.29 is 9.53 Å². The molecule has 0 bridgehead atoms. The SMILES string of the molecule is CCC(C)NC(C(N)=O)c1cccc2c1OC(C)(C)C2. The molecule has 0 aliphatic carbocycles. The smallest absolute Gasteiger partial charge is 0.239 e. The van der Waals surface area contributed by atoms with E-state index in [1.165, 1.54) is 0 Å². The Labute approximate surface area is 120 Å². The average Bonchev–Trinajstić information content (AvgIpc) is 2.69. The van der Waals surface area contributed by atoms with Crippen molar-refractivity contribution in [2.45, 2.75) is 58.2 Å². The predicted molar refractivity (Wildman–Crippen MR) is 79.7 cm³/mol. The van der Waals surface area contributed by atoms with E-state index in [1.54, 1.807) is 0 Å². The van der Waals surface area contributed by atoms with Crippen LogP contribution in [-0.4, -0.2) is 17.6 Å². The molecule has 110 valence electrons. The van der Waals surface area contributed by atoms with Gasteiger partial charge in [-0.05, 0) is 32.8 Å². The summed E-state index contributed by atoms with van der Waals surface area (Å²) in [5.74, 6) is 0.448. The second-order valence-electron chi connectivity index (χ2n) is 6.19. The molecule has 0 aromatic heterocycles. The van der Waals surface area contributed by atoms with E-state index in [9.17, 15) is 4.79 Å². The topological polar surface area (TPSA) is 64.3 Å². The summed E-state index contributed by atoms with van der Waals surface area (Å²) < 4.78 is 6.02. The van der Waals surface area contributed by atoms with Crippen molar-refractivity contribution in [3.05, 3.63) is 29.3 Å². The standard InChI is InChI=1S/C16H24N2O2/c1-5-10(2)18-13(15(17)19)12-8-6-7-11-9-16(3,4)20-14(11)12/h6-8,10,13,18H,5,9H2,1-4H3,(H2,17,19). The van der Waals surface area contributed by atoms with Crippen molar-refractivity contribution in [2.75, 3.05) is 0 Å². The number of ether oxygens (including phenoxy) is 1. The van der Waals surface area contributed by atoms with Crippen LogP contribution in [0.25, 0.3) is 0 Å². The van der Waals surface area contributed by atoms with Gasteiger partial charge in [0.05, 0.1) is 0 Å².